The molecule has 0 radical (unpaired) electrons. The first-order valence-electron chi connectivity index (χ1n) is 9.30. The number of ether oxygens (including phenoxy) is 1. The summed E-state index contributed by atoms with van der Waals surface area (Å²) in [6, 6.07) is 10.5. The zero-order chi connectivity index (χ0) is 23.3. The number of amides is 1. The summed E-state index contributed by atoms with van der Waals surface area (Å²) >= 11 is 7.39. The van der Waals surface area contributed by atoms with E-state index in [1.54, 1.807) is 24.3 Å². The maximum absolute atomic E-state index is 12.6. The third kappa shape index (κ3) is 5.65. The van der Waals surface area contributed by atoms with Crippen LogP contribution < -0.4 is 5.32 Å². The summed E-state index contributed by atoms with van der Waals surface area (Å²) < 4.78 is 10.3. The van der Waals surface area contributed by atoms with Crippen LogP contribution in [-0.2, 0) is 15.3 Å². The quantitative estimate of drug-likeness (QED) is 0.210. The van der Waals surface area contributed by atoms with Crippen LogP contribution >= 0.6 is 23.4 Å². The molecule has 0 saturated carbocycles. The summed E-state index contributed by atoms with van der Waals surface area (Å²) in [6.07, 6.45) is 0. The second-order valence-corrected chi connectivity index (χ2v) is 8.06. The molecule has 3 rings (SSSR count). The van der Waals surface area contributed by atoms with Crippen LogP contribution in [0.2, 0.25) is 5.02 Å². The second kappa shape index (κ2) is 10.3. The number of nitro groups is 1. The highest BCUT2D eigenvalue weighted by Crippen LogP contribution is 2.29. The molecule has 0 fully saturated rings. The third-order valence-corrected chi connectivity index (χ3v) is 5.86. The number of benzene rings is 2. The van der Waals surface area contributed by atoms with Crippen molar-refractivity contribution in [3.8, 4) is 0 Å². The predicted molar refractivity (Wildman–Crippen MR) is 119 cm³/mol. The number of esters is 1. The molecule has 0 saturated heterocycles. The van der Waals surface area contributed by atoms with E-state index in [1.165, 1.54) is 23.9 Å². The van der Waals surface area contributed by atoms with E-state index in [0.717, 1.165) is 17.3 Å². The lowest BCUT2D eigenvalue weighted by molar-refractivity contribution is -0.384. The predicted octanol–water partition coefficient (Wildman–Crippen LogP) is 4.94. The number of aromatic nitrogens is 1. The summed E-state index contributed by atoms with van der Waals surface area (Å²) in [5.41, 5.74) is 1.87. The molecule has 3 aromatic rings. The minimum atomic E-state index is -0.679. The number of anilines is 1. The molecule has 0 bridgehead atoms. The molecule has 1 N–H and O–H groups in total. The number of aryl methyl sites for hydroxylation is 2. The largest absolute Gasteiger partial charge is 0.452 e. The minimum absolute atomic E-state index is 0.0531. The van der Waals surface area contributed by atoms with Crippen LogP contribution in [0.1, 0.15) is 27.4 Å². The molecule has 0 aliphatic rings. The van der Waals surface area contributed by atoms with E-state index >= 15 is 0 Å². The van der Waals surface area contributed by atoms with E-state index in [0.29, 0.717) is 22.0 Å². The van der Waals surface area contributed by atoms with Gasteiger partial charge < -0.3 is 14.6 Å². The standard InChI is InChI=1S/C21H18ClN3O6S/c1-12-16(13(2)31-24-12)11-32-19-6-4-3-5-15(19)21(27)30-10-20(26)23-18-9-14(25(28)29)7-8-17(18)22/h3-9H,10-11H2,1-2H3,(H,23,26). The number of nitrogens with one attached hydrogen (secondary N) is 1. The molecule has 0 spiro atoms. The van der Waals surface area contributed by atoms with E-state index in [9.17, 15) is 19.7 Å². The van der Waals surface area contributed by atoms with Gasteiger partial charge in [0.1, 0.15) is 5.76 Å². The molecule has 0 atom stereocenters. The minimum Gasteiger partial charge on any atom is -0.452 e. The zero-order valence-corrected chi connectivity index (χ0v) is 18.7. The number of halogens is 1. The lowest BCUT2D eigenvalue weighted by Gasteiger charge is -2.10. The summed E-state index contributed by atoms with van der Waals surface area (Å²) in [5, 5.41) is 17.3. The Bertz CT molecular complexity index is 1160. The van der Waals surface area contributed by atoms with Crippen molar-refractivity contribution >= 4 is 46.6 Å². The first-order valence-corrected chi connectivity index (χ1v) is 10.7. The molecule has 32 heavy (non-hydrogen) atoms. The number of hydrogen-bond donors (Lipinski definition) is 1. The first-order chi connectivity index (χ1) is 15.3. The molecule has 1 aromatic heterocycles. The van der Waals surface area contributed by atoms with Gasteiger partial charge in [0, 0.05) is 28.3 Å². The Morgan fingerprint density at radius 3 is 2.69 bits per heavy atom. The Labute approximate surface area is 192 Å². The highest BCUT2D eigenvalue weighted by molar-refractivity contribution is 7.98. The maximum Gasteiger partial charge on any atom is 0.339 e. The fourth-order valence-electron chi connectivity index (χ4n) is 2.74. The van der Waals surface area contributed by atoms with E-state index in [4.69, 9.17) is 20.9 Å². The van der Waals surface area contributed by atoms with Crippen molar-refractivity contribution in [3.63, 3.8) is 0 Å². The molecule has 0 unspecified atom stereocenters. The second-order valence-electron chi connectivity index (χ2n) is 6.63. The molecular weight excluding hydrogens is 458 g/mol. The average molecular weight is 476 g/mol. The van der Waals surface area contributed by atoms with Gasteiger partial charge in [-0.25, -0.2) is 4.79 Å². The lowest BCUT2D eigenvalue weighted by atomic mass is 10.2. The number of carbonyl (C=O) groups excluding carboxylic acids is 2. The Hall–Kier alpha value is -3.37. The molecule has 11 heteroatoms. The highest BCUT2D eigenvalue weighted by Gasteiger charge is 2.18. The molecule has 9 nitrogen and oxygen atoms in total. The topological polar surface area (TPSA) is 125 Å². The van der Waals surface area contributed by atoms with E-state index < -0.39 is 23.4 Å². The fourth-order valence-corrected chi connectivity index (χ4v) is 4.10. The van der Waals surface area contributed by atoms with Gasteiger partial charge in [-0.05, 0) is 32.0 Å². The molecule has 1 amide bonds. The van der Waals surface area contributed by atoms with Crippen LogP contribution in [0.15, 0.2) is 51.9 Å². The van der Waals surface area contributed by atoms with Gasteiger partial charge in [-0.1, -0.05) is 28.9 Å². The van der Waals surface area contributed by atoms with Crippen LogP contribution in [0.25, 0.3) is 0 Å². The molecule has 0 aliphatic heterocycles. The van der Waals surface area contributed by atoms with Gasteiger partial charge in [0.05, 0.1) is 26.9 Å². The zero-order valence-electron chi connectivity index (χ0n) is 17.1. The number of thioether (sulfide) groups is 1. The van der Waals surface area contributed by atoms with Gasteiger partial charge in [-0.3, -0.25) is 14.9 Å². The number of hydrogen-bond acceptors (Lipinski definition) is 8. The molecular formula is C21H18ClN3O6S. The van der Waals surface area contributed by atoms with Gasteiger partial charge >= 0.3 is 5.97 Å². The third-order valence-electron chi connectivity index (χ3n) is 4.43. The van der Waals surface area contributed by atoms with Crippen molar-refractivity contribution in [2.75, 3.05) is 11.9 Å². The maximum atomic E-state index is 12.6. The molecule has 1 heterocycles. The van der Waals surface area contributed by atoms with Crippen molar-refractivity contribution in [3.05, 3.63) is 80.2 Å². The summed E-state index contributed by atoms with van der Waals surface area (Å²) in [6.45, 7) is 3.09. The lowest BCUT2D eigenvalue weighted by Crippen LogP contribution is -2.21. The summed E-state index contributed by atoms with van der Waals surface area (Å²) in [7, 11) is 0. The normalized spacial score (nSPS) is 10.6. The van der Waals surface area contributed by atoms with Crippen molar-refractivity contribution in [1.82, 2.24) is 5.16 Å². The fraction of sp³-hybridized carbons (Fsp3) is 0.190. The van der Waals surface area contributed by atoms with Crippen LogP contribution in [0.5, 0.6) is 0 Å². The van der Waals surface area contributed by atoms with Crippen LogP contribution in [0.4, 0.5) is 11.4 Å². The number of nitrogens with zero attached hydrogens (tertiary/aromatic N) is 2. The van der Waals surface area contributed by atoms with Crippen molar-refractivity contribution in [2.24, 2.45) is 0 Å². The monoisotopic (exact) mass is 475 g/mol. The number of rotatable bonds is 8. The average Bonchev–Trinajstić information content (AvgIpc) is 3.09. The number of carbonyl (C=O) groups is 2. The van der Waals surface area contributed by atoms with Gasteiger partial charge in [0.2, 0.25) is 0 Å². The van der Waals surface area contributed by atoms with E-state index in [2.05, 4.69) is 10.5 Å². The van der Waals surface area contributed by atoms with E-state index in [1.807, 2.05) is 13.8 Å². The van der Waals surface area contributed by atoms with Crippen molar-refractivity contribution in [2.45, 2.75) is 24.5 Å². The van der Waals surface area contributed by atoms with Crippen molar-refractivity contribution < 1.29 is 23.8 Å². The van der Waals surface area contributed by atoms with Gasteiger partial charge in [-0.15, -0.1) is 11.8 Å². The summed E-state index contributed by atoms with van der Waals surface area (Å²) in [4.78, 5) is 35.7. The Balaban J connectivity index is 1.62. The van der Waals surface area contributed by atoms with Gasteiger partial charge in [0.25, 0.3) is 11.6 Å². The number of non-ortho nitro benzene ring substituents is 1. The Morgan fingerprint density at radius 1 is 1.25 bits per heavy atom. The van der Waals surface area contributed by atoms with Gasteiger partial charge in [-0.2, -0.15) is 0 Å². The smallest absolute Gasteiger partial charge is 0.339 e. The first kappa shape index (κ1) is 23.3. The molecule has 2 aromatic carbocycles. The SMILES string of the molecule is Cc1noc(C)c1CSc1ccccc1C(=O)OCC(=O)Nc1cc([N+](=O)[O-])ccc1Cl. The Kier molecular flexibility index (Phi) is 7.49. The van der Waals surface area contributed by atoms with E-state index in [-0.39, 0.29) is 16.4 Å². The Morgan fingerprint density at radius 2 is 2.00 bits per heavy atom. The van der Waals surface area contributed by atoms with Crippen molar-refractivity contribution in [1.29, 1.82) is 0 Å². The van der Waals surface area contributed by atoms with Crippen LogP contribution in [0, 0.1) is 24.0 Å². The molecule has 0 aliphatic carbocycles. The van der Waals surface area contributed by atoms with Gasteiger partial charge in [0.15, 0.2) is 6.61 Å². The highest BCUT2D eigenvalue weighted by atomic mass is 35.5. The molecule has 166 valence electrons. The van der Waals surface area contributed by atoms with Crippen LogP contribution in [0.3, 0.4) is 0 Å². The summed E-state index contributed by atoms with van der Waals surface area (Å²) in [5.74, 6) is -0.0858. The number of nitro benzene ring substituents is 1. The van der Waals surface area contributed by atoms with Crippen LogP contribution in [-0.4, -0.2) is 28.6 Å².